The number of benzene rings is 1. The Morgan fingerprint density at radius 3 is 2.62 bits per heavy atom. The summed E-state index contributed by atoms with van der Waals surface area (Å²) in [5, 5.41) is 3.32. The van der Waals surface area contributed by atoms with E-state index in [1.165, 1.54) is 18.7 Å². The molecule has 1 atom stereocenters. The molecule has 0 aliphatic carbocycles. The first-order valence-corrected chi connectivity index (χ1v) is 7.20. The predicted octanol–water partition coefficient (Wildman–Crippen LogP) is 3.60. The molecule has 114 valence electrons. The van der Waals surface area contributed by atoms with Crippen molar-refractivity contribution >= 4 is 0 Å². The van der Waals surface area contributed by atoms with Gasteiger partial charge in [0.15, 0.2) is 0 Å². The molecule has 0 aliphatic heterocycles. The summed E-state index contributed by atoms with van der Waals surface area (Å²) >= 11 is 0. The average molecular weight is 290 g/mol. The van der Waals surface area contributed by atoms with Crippen LogP contribution in [0.5, 0.6) is 5.75 Å². The second-order valence-corrected chi connectivity index (χ2v) is 5.58. The maximum Gasteiger partial charge on any atom is 0.131 e. The largest absolute Gasteiger partial charge is 0.497 e. The lowest BCUT2D eigenvalue weighted by atomic mass is 9.99. The van der Waals surface area contributed by atoms with Crippen LogP contribution in [0.2, 0.25) is 0 Å². The summed E-state index contributed by atoms with van der Waals surface area (Å²) in [5.41, 5.74) is 1.88. The van der Waals surface area contributed by atoms with E-state index < -0.39 is 0 Å². The number of hydrogen-bond acceptors (Lipinski definition) is 2. The van der Waals surface area contributed by atoms with Gasteiger partial charge >= 0.3 is 0 Å². The maximum absolute atomic E-state index is 14.0. The zero-order valence-corrected chi connectivity index (χ0v) is 13.1. The zero-order valence-electron chi connectivity index (χ0n) is 13.1. The Labute approximate surface area is 125 Å². The fourth-order valence-electron chi connectivity index (χ4n) is 2.61. The Morgan fingerprint density at radius 2 is 2.05 bits per heavy atom. The van der Waals surface area contributed by atoms with E-state index in [2.05, 4.69) is 31.4 Å². The third-order valence-corrected chi connectivity index (χ3v) is 3.72. The molecule has 0 saturated carbocycles. The van der Waals surface area contributed by atoms with Crippen molar-refractivity contribution in [1.29, 1.82) is 0 Å². The van der Waals surface area contributed by atoms with E-state index in [0.717, 1.165) is 0 Å². The lowest BCUT2D eigenvalue weighted by molar-refractivity contribution is 0.410. The van der Waals surface area contributed by atoms with Gasteiger partial charge in [0.25, 0.3) is 0 Å². The van der Waals surface area contributed by atoms with Gasteiger partial charge in [-0.3, -0.25) is 0 Å². The second-order valence-electron chi connectivity index (χ2n) is 5.58. The quantitative estimate of drug-likeness (QED) is 0.879. The normalized spacial score (nSPS) is 12.7. The van der Waals surface area contributed by atoms with Crippen LogP contribution in [0.15, 0.2) is 36.7 Å². The van der Waals surface area contributed by atoms with Gasteiger partial charge in [-0.05, 0) is 30.7 Å². The van der Waals surface area contributed by atoms with Crippen LogP contribution in [-0.2, 0) is 6.54 Å². The molecule has 1 aromatic heterocycles. The molecule has 0 saturated heterocycles. The second kappa shape index (κ2) is 6.76. The zero-order chi connectivity index (χ0) is 15.4. The highest BCUT2D eigenvalue weighted by molar-refractivity contribution is 5.29. The molecule has 21 heavy (non-hydrogen) atoms. The molecule has 4 heteroatoms. The molecular formula is C17H23FN2O. The van der Waals surface area contributed by atoms with Crippen LogP contribution in [0.25, 0.3) is 0 Å². The number of nitrogens with one attached hydrogen (secondary N) is 1. The van der Waals surface area contributed by atoms with Crippen LogP contribution >= 0.6 is 0 Å². The Morgan fingerprint density at radius 1 is 1.29 bits per heavy atom. The highest BCUT2D eigenvalue weighted by atomic mass is 19.1. The highest BCUT2D eigenvalue weighted by Gasteiger charge is 2.14. The van der Waals surface area contributed by atoms with Crippen molar-refractivity contribution in [2.24, 2.45) is 5.92 Å². The Hall–Kier alpha value is -1.81. The summed E-state index contributed by atoms with van der Waals surface area (Å²) in [6.45, 7) is 4.88. The molecular weight excluding hydrogens is 267 g/mol. The molecule has 0 bridgehead atoms. The fraction of sp³-hybridized carbons (Fsp3) is 0.412. The number of halogens is 1. The first-order chi connectivity index (χ1) is 10.0. The molecule has 0 aliphatic rings. The minimum atomic E-state index is -0.237. The van der Waals surface area contributed by atoms with E-state index in [4.69, 9.17) is 4.74 Å². The monoisotopic (exact) mass is 290 g/mol. The number of aromatic nitrogens is 1. The van der Waals surface area contributed by atoms with E-state index in [-0.39, 0.29) is 5.82 Å². The van der Waals surface area contributed by atoms with Crippen LogP contribution in [0.4, 0.5) is 4.39 Å². The number of ether oxygens (including phenoxy) is 1. The van der Waals surface area contributed by atoms with E-state index in [1.807, 2.05) is 17.8 Å². The standard InChI is InChI=1S/C17H23FN2O/c1-12(2)17(19-3)14-7-8-20(11-14)10-13-5-6-15(21-4)9-16(13)18/h5-9,11-12,17,19H,10H2,1-4H3. The van der Waals surface area contributed by atoms with Crippen molar-refractivity contribution < 1.29 is 9.13 Å². The molecule has 1 N–H and O–H groups in total. The minimum Gasteiger partial charge on any atom is -0.497 e. The third kappa shape index (κ3) is 3.64. The summed E-state index contributed by atoms with van der Waals surface area (Å²) in [7, 11) is 3.50. The van der Waals surface area contributed by atoms with Gasteiger partial charge in [0, 0.05) is 36.6 Å². The van der Waals surface area contributed by atoms with Crippen LogP contribution < -0.4 is 10.1 Å². The molecule has 2 aromatic rings. The van der Waals surface area contributed by atoms with Gasteiger partial charge < -0.3 is 14.6 Å². The molecule has 1 unspecified atom stereocenters. The van der Waals surface area contributed by atoms with Gasteiger partial charge in [0.05, 0.1) is 7.11 Å². The number of methoxy groups -OCH3 is 1. The van der Waals surface area contributed by atoms with Crippen LogP contribution in [0, 0.1) is 11.7 Å². The number of hydrogen-bond donors (Lipinski definition) is 1. The average Bonchev–Trinajstić information content (AvgIpc) is 2.89. The van der Waals surface area contributed by atoms with E-state index in [1.54, 1.807) is 12.1 Å². The molecule has 1 aromatic carbocycles. The van der Waals surface area contributed by atoms with Crippen molar-refractivity contribution in [2.45, 2.75) is 26.4 Å². The van der Waals surface area contributed by atoms with Gasteiger partial charge in [0.2, 0.25) is 0 Å². The Kier molecular flexibility index (Phi) is 5.02. The van der Waals surface area contributed by atoms with Crippen LogP contribution in [-0.4, -0.2) is 18.7 Å². The first-order valence-electron chi connectivity index (χ1n) is 7.20. The van der Waals surface area contributed by atoms with Gasteiger partial charge in [-0.25, -0.2) is 4.39 Å². The van der Waals surface area contributed by atoms with Gasteiger partial charge in [-0.2, -0.15) is 0 Å². The number of rotatable bonds is 6. The predicted molar refractivity (Wildman–Crippen MR) is 83.1 cm³/mol. The maximum atomic E-state index is 14.0. The Bertz CT molecular complexity index is 592. The highest BCUT2D eigenvalue weighted by Crippen LogP contribution is 2.22. The van der Waals surface area contributed by atoms with E-state index in [9.17, 15) is 4.39 Å². The topological polar surface area (TPSA) is 26.2 Å². The Balaban J connectivity index is 2.16. The number of nitrogens with zero attached hydrogens (tertiary/aromatic N) is 1. The molecule has 0 spiro atoms. The summed E-state index contributed by atoms with van der Waals surface area (Å²) in [5.74, 6) is 0.807. The van der Waals surface area contributed by atoms with Crippen molar-refractivity contribution in [3.63, 3.8) is 0 Å². The van der Waals surface area contributed by atoms with Crippen molar-refractivity contribution in [3.05, 3.63) is 53.6 Å². The fourth-order valence-corrected chi connectivity index (χ4v) is 2.61. The molecule has 3 nitrogen and oxygen atoms in total. The van der Waals surface area contributed by atoms with E-state index >= 15 is 0 Å². The van der Waals surface area contributed by atoms with Crippen molar-refractivity contribution in [2.75, 3.05) is 14.2 Å². The summed E-state index contributed by atoms with van der Waals surface area (Å²) in [6, 6.07) is 7.37. The molecule has 0 radical (unpaired) electrons. The third-order valence-electron chi connectivity index (χ3n) is 3.72. The summed E-state index contributed by atoms with van der Waals surface area (Å²) < 4.78 is 21.0. The lowest BCUT2D eigenvalue weighted by Gasteiger charge is -2.18. The molecule has 1 heterocycles. The molecule has 0 fully saturated rings. The van der Waals surface area contributed by atoms with Crippen molar-refractivity contribution in [3.8, 4) is 5.75 Å². The smallest absolute Gasteiger partial charge is 0.131 e. The minimum absolute atomic E-state index is 0.237. The van der Waals surface area contributed by atoms with Crippen LogP contribution in [0.1, 0.15) is 31.0 Å². The van der Waals surface area contributed by atoms with Gasteiger partial charge in [-0.1, -0.05) is 19.9 Å². The SMILES string of the molecule is CNC(c1ccn(Cc2ccc(OC)cc2F)c1)C(C)C. The first kappa shape index (κ1) is 15.6. The summed E-state index contributed by atoms with van der Waals surface area (Å²) in [6.07, 6.45) is 4.07. The van der Waals surface area contributed by atoms with Crippen molar-refractivity contribution in [1.82, 2.24) is 9.88 Å². The molecule has 0 amide bonds. The molecule has 2 rings (SSSR count). The summed E-state index contributed by atoms with van der Waals surface area (Å²) in [4.78, 5) is 0. The van der Waals surface area contributed by atoms with E-state index in [0.29, 0.717) is 29.8 Å². The van der Waals surface area contributed by atoms with Crippen LogP contribution in [0.3, 0.4) is 0 Å². The van der Waals surface area contributed by atoms with Gasteiger partial charge in [0.1, 0.15) is 11.6 Å². The lowest BCUT2D eigenvalue weighted by Crippen LogP contribution is -2.21. The van der Waals surface area contributed by atoms with Gasteiger partial charge in [-0.15, -0.1) is 0 Å².